The maximum absolute atomic E-state index is 8.25. The number of rotatable bonds is 5. The lowest BCUT2D eigenvalue weighted by Gasteiger charge is -2.12. The third-order valence-electron chi connectivity index (χ3n) is 1.30. The summed E-state index contributed by atoms with van der Waals surface area (Å²) < 4.78 is 0. The topological polar surface area (TPSA) is 27.0 Å². The molecule has 0 aliphatic heterocycles. The second-order valence-corrected chi connectivity index (χ2v) is 2.74. The molecule has 0 aromatic rings. The van der Waals surface area contributed by atoms with Gasteiger partial charge in [-0.05, 0) is 25.8 Å². The van der Waals surface area contributed by atoms with Gasteiger partial charge in [-0.15, -0.1) is 0 Å². The summed E-state index contributed by atoms with van der Waals surface area (Å²) in [6, 6.07) is 2.11. The van der Waals surface area contributed by atoms with Gasteiger partial charge in [0.25, 0.3) is 0 Å². The number of thiol groups is 1. The van der Waals surface area contributed by atoms with Crippen LogP contribution in [0.25, 0.3) is 0 Å². The van der Waals surface area contributed by atoms with E-state index in [0.29, 0.717) is 6.42 Å². The Kier molecular flexibility index (Phi) is 6.78. The van der Waals surface area contributed by atoms with Gasteiger partial charge in [0, 0.05) is 13.0 Å². The highest BCUT2D eigenvalue weighted by Gasteiger charge is 1.94. The van der Waals surface area contributed by atoms with Crippen molar-refractivity contribution in [2.75, 3.05) is 25.9 Å². The van der Waals surface area contributed by atoms with Gasteiger partial charge >= 0.3 is 0 Å². The molecule has 0 aliphatic rings. The minimum absolute atomic E-state index is 0.628. The molecule has 2 nitrogen and oxygen atoms in total. The molecule has 58 valence electrons. The van der Waals surface area contributed by atoms with Crippen molar-refractivity contribution in [3.8, 4) is 6.07 Å². The third kappa shape index (κ3) is 5.93. The van der Waals surface area contributed by atoms with Crippen molar-refractivity contribution in [2.24, 2.45) is 0 Å². The second-order valence-electron chi connectivity index (χ2n) is 2.29. The number of hydrogen-bond donors (Lipinski definition) is 1. The van der Waals surface area contributed by atoms with Gasteiger partial charge in [0.05, 0.1) is 6.07 Å². The SMILES string of the molecule is CN(CCC#N)CCCS. The van der Waals surface area contributed by atoms with Crippen LogP contribution in [0.2, 0.25) is 0 Å². The van der Waals surface area contributed by atoms with Gasteiger partial charge in [0.1, 0.15) is 0 Å². The molecule has 0 N–H and O–H groups in total. The van der Waals surface area contributed by atoms with Crippen molar-refractivity contribution in [1.29, 1.82) is 5.26 Å². The summed E-state index contributed by atoms with van der Waals surface area (Å²) in [5, 5.41) is 8.25. The standard InChI is InChI=1S/C7H14N2S/c1-9(5-2-4-8)6-3-7-10/h10H,2-3,5-7H2,1H3. The molecule has 0 aliphatic carbocycles. The molecular formula is C7H14N2S. The van der Waals surface area contributed by atoms with Crippen LogP contribution in [0.1, 0.15) is 12.8 Å². The summed E-state index contributed by atoms with van der Waals surface area (Å²) in [6.45, 7) is 1.93. The number of hydrogen-bond acceptors (Lipinski definition) is 3. The number of nitrogens with zero attached hydrogens (tertiary/aromatic N) is 2. The van der Waals surface area contributed by atoms with E-state index in [9.17, 15) is 0 Å². The average Bonchev–Trinajstić information content (AvgIpc) is 1.97. The Labute approximate surface area is 68.2 Å². The van der Waals surface area contributed by atoms with Gasteiger partial charge in [-0.1, -0.05) is 0 Å². The Balaban J connectivity index is 3.10. The van der Waals surface area contributed by atoms with Crippen molar-refractivity contribution in [2.45, 2.75) is 12.8 Å². The van der Waals surface area contributed by atoms with E-state index in [2.05, 4.69) is 23.6 Å². The fourth-order valence-electron chi connectivity index (χ4n) is 0.693. The van der Waals surface area contributed by atoms with Crippen LogP contribution in [0.3, 0.4) is 0 Å². The Morgan fingerprint density at radius 1 is 1.50 bits per heavy atom. The first kappa shape index (κ1) is 9.80. The molecule has 0 saturated heterocycles. The van der Waals surface area contributed by atoms with Crippen molar-refractivity contribution in [1.82, 2.24) is 4.90 Å². The first-order valence-electron chi connectivity index (χ1n) is 3.47. The quantitative estimate of drug-likeness (QED) is 0.608. The van der Waals surface area contributed by atoms with Gasteiger partial charge in [-0.3, -0.25) is 0 Å². The largest absolute Gasteiger partial charge is 0.305 e. The van der Waals surface area contributed by atoms with Gasteiger partial charge in [-0.25, -0.2) is 0 Å². The minimum Gasteiger partial charge on any atom is -0.305 e. The predicted octanol–water partition coefficient (Wildman–Crippen LogP) is 1.15. The van der Waals surface area contributed by atoms with E-state index in [-0.39, 0.29) is 0 Å². The minimum atomic E-state index is 0.628. The van der Waals surface area contributed by atoms with Crippen molar-refractivity contribution in [3.05, 3.63) is 0 Å². The van der Waals surface area contributed by atoms with E-state index in [1.807, 2.05) is 7.05 Å². The summed E-state index contributed by atoms with van der Waals surface area (Å²) in [7, 11) is 2.03. The zero-order chi connectivity index (χ0) is 7.82. The Morgan fingerprint density at radius 2 is 2.20 bits per heavy atom. The summed E-state index contributed by atoms with van der Waals surface area (Å²) >= 11 is 4.09. The number of nitriles is 1. The van der Waals surface area contributed by atoms with Crippen molar-refractivity contribution < 1.29 is 0 Å². The van der Waals surface area contributed by atoms with Crippen LogP contribution in [0.4, 0.5) is 0 Å². The van der Waals surface area contributed by atoms with Crippen LogP contribution in [0.15, 0.2) is 0 Å². The van der Waals surface area contributed by atoms with Crippen LogP contribution in [-0.4, -0.2) is 30.8 Å². The predicted molar refractivity (Wildman–Crippen MR) is 46.2 cm³/mol. The molecule has 0 heterocycles. The smallest absolute Gasteiger partial charge is 0.0635 e. The van der Waals surface area contributed by atoms with Crippen molar-refractivity contribution in [3.63, 3.8) is 0 Å². The summed E-state index contributed by atoms with van der Waals surface area (Å²) in [5.74, 6) is 0.927. The van der Waals surface area contributed by atoms with E-state index >= 15 is 0 Å². The van der Waals surface area contributed by atoms with E-state index in [1.54, 1.807) is 0 Å². The van der Waals surface area contributed by atoms with E-state index in [1.165, 1.54) is 0 Å². The molecule has 0 atom stereocenters. The lowest BCUT2D eigenvalue weighted by molar-refractivity contribution is 0.344. The maximum atomic E-state index is 8.25. The van der Waals surface area contributed by atoms with Crippen molar-refractivity contribution >= 4 is 12.6 Å². The Morgan fingerprint density at radius 3 is 2.70 bits per heavy atom. The highest BCUT2D eigenvalue weighted by Crippen LogP contribution is 1.90. The average molecular weight is 158 g/mol. The maximum Gasteiger partial charge on any atom is 0.0635 e. The third-order valence-corrected chi connectivity index (χ3v) is 1.62. The van der Waals surface area contributed by atoms with Crippen LogP contribution < -0.4 is 0 Å². The van der Waals surface area contributed by atoms with E-state index in [0.717, 1.165) is 25.3 Å². The lowest BCUT2D eigenvalue weighted by atomic mass is 10.4. The monoisotopic (exact) mass is 158 g/mol. The molecule has 0 fully saturated rings. The van der Waals surface area contributed by atoms with Crippen LogP contribution >= 0.6 is 12.6 Å². The molecule has 0 saturated carbocycles. The second kappa shape index (κ2) is 6.91. The fourth-order valence-corrected chi connectivity index (χ4v) is 0.835. The molecule has 0 spiro atoms. The first-order valence-corrected chi connectivity index (χ1v) is 4.11. The molecular weight excluding hydrogens is 144 g/mol. The zero-order valence-electron chi connectivity index (χ0n) is 6.38. The van der Waals surface area contributed by atoms with Gasteiger partial charge in [-0.2, -0.15) is 17.9 Å². The van der Waals surface area contributed by atoms with Gasteiger partial charge in [0.15, 0.2) is 0 Å². The Hall–Kier alpha value is -0.200. The fraction of sp³-hybridized carbons (Fsp3) is 0.857. The lowest BCUT2D eigenvalue weighted by Crippen LogP contribution is -2.20. The highest BCUT2D eigenvalue weighted by molar-refractivity contribution is 7.80. The summed E-state index contributed by atoms with van der Waals surface area (Å²) in [6.07, 6.45) is 1.73. The van der Waals surface area contributed by atoms with Crippen LogP contribution in [0, 0.1) is 11.3 Å². The molecule has 0 radical (unpaired) electrons. The molecule has 0 aromatic heterocycles. The van der Waals surface area contributed by atoms with E-state index < -0.39 is 0 Å². The molecule has 0 amide bonds. The molecule has 0 bridgehead atoms. The summed E-state index contributed by atoms with van der Waals surface area (Å²) in [4.78, 5) is 2.15. The molecule has 3 heteroatoms. The molecule has 0 unspecified atom stereocenters. The Bertz CT molecular complexity index is 109. The normalized spacial score (nSPS) is 9.80. The van der Waals surface area contributed by atoms with Crippen LogP contribution in [0.5, 0.6) is 0 Å². The van der Waals surface area contributed by atoms with Gasteiger partial charge in [0.2, 0.25) is 0 Å². The first-order chi connectivity index (χ1) is 4.81. The molecule has 0 rings (SSSR count). The zero-order valence-corrected chi connectivity index (χ0v) is 7.27. The van der Waals surface area contributed by atoms with Crippen LogP contribution in [-0.2, 0) is 0 Å². The highest BCUT2D eigenvalue weighted by atomic mass is 32.1. The van der Waals surface area contributed by atoms with Gasteiger partial charge < -0.3 is 4.90 Å². The molecule has 0 aromatic carbocycles. The van der Waals surface area contributed by atoms with E-state index in [4.69, 9.17) is 5.26 Å². The summed E-state index contributed by atoms with van der Waals surface area (Å²) in [5.41, 5.74) is 0. The molecule has 10 heavy (non-hydrogen) atoms.